The van der Waals surface area contributed by atoms with Crippen molar-refractivity contribution in [3.05, 3.63) is 69.0 Å². The Morgan fingerprint density at radius 1 is 1.10 bits per heavy atom. The second-order valence-corrected chi connectivity index (χ2v) is 7.55. The second kappa shape index (κ2) is 7.85. The summed E-state index contributed by atoms with van der Waals surface area (Å²) >= 11 is 0. The van der Waals surface area contributed by atoms with Gasteiger partial charge in [0.1, 0.15) is 25.0 Å². The number of hydrogen-bond donors (Lipinski definition) is 1. The molecule has 0 bridgehead atoms. The fourth-order valence-electron chi connectivity index (χ4n) is 3.70. The number of rotatable bonds is 6. The van der Waals surface area contributed by atoms with Crippen LogP contribution in [0.2, 0.25) is 0 Å². The minimum absolute atomic E-state index is 0.194. The zero-order chi connectivity index (χ0) is 20.6. The van der Waals surface area contributed by atoms with E-state index >= 15 is 0 Å². The largest absolute Gasteiger partial charge is 0.394 e. The number of hydrogen-bond acceptors (Lipinski definition) is 7. The molecule has 2 aliphatic rings. The molecule has 1 unspecified atom stereocenters. The van der Waals surface area contributed by atoms with Crippen molar-refractivity contribution < 1.29 is 24.1 Å². The van der Waals surface area contributed by atoms with E-state index in [9.17, 15) is 14.7 Å². The standard InChI is InChI=1S/C20H24N2O7/c1-20(2)28-16-14(10-23)27-18(17(16)29-20)21-9-8-15(24)22(19(21)25)12-26-11-13-6-4-3-5-7-13/h3-9,14,16-18,23H,10-12H2,1-2H3/t14-,16?,17+,18-/m1/s1. The van der Waals surface area contributed by atoms with E-state index in [4.69, 9.17) is 18.9 Å². The molecule has 1 N–H and O–H groups in total. The SMILES string of the molecule is CC1(C)OC2[C@@H](CO)O[C@@H](n3ccc(=O)n(COCc4ccccc4)c3=O)[C@H]2O1. The maximum absolute atomic E-state index is 13.0. The van der Waals surface area contributed by atoms with Crippen LogP contribution in [0.1, 0.15) is 25.6 Å². The average molecular weight is 404 g/mol. The molecule has 29 heavy (non-hydrogen) atoms. The Labute approximate surface area is 167 Å². The molecule has 4 atom stereocenters. The van der Waals surface area contributed by atoms with Gasteiger partial charge in [0.15, 0.2) is 12.0 Å². The van der Waals surface area contributed by atoms with E-state index in [-0.39, 0.29) is 19.9 Å². The fourth-order valence-corrected chi connectivity index (χ4v) is 3.70. The third-order valence-electron chi connectivity index (χ3n) is 5.01. The third-order valence-corrected chi connectivity index (χ3v) is 5.01. The Balaban J connectivity index is 1.56. The highest BCUT2D eigenvalue weighted by Gasteiger charge is 2.55. The molecule has 2 aliphatic heterocycles. The maximum Gasteiger partial charge on any atom is 0.335 e. The molecule has 0 aliphatic carbocycles. The molecule has 2 aromatic rings. The number of aliphatic hydroxyl groups excluding tert-OH is 1. The molecule has 0 spiro atoms. The van der Waals surface area contributed by atoms with Gasteiger partial charge in [0.25, 0.3) is 5.56 Å². The number of aromatic nitrogens is 2. The highest BCUT2D eigenvalue weighted by atomic mass is 16.8. The van der Waals surface area contributed by atoms with Gasteiger partial charge in [-0.15, -0.1) is 0 Å². The monoisotopic (exact) mass is 404 g/mol. The lowest BCUT2D eigenvalue weighted by Crippen LogP contribution is -2.43. The molecule has 3 heterocycles. The summed E-state index contributed by atoms with van der Waals surface area (Å²) in [6.45, 7) is 3.33. The Morgan fingerprint density at radius 3 is 2.55 bits per heavy atom. The van der Waals surface area contributed by atoms with Crippen molar-refractivity contribution in [2.45, 2.75) is 57.5 Å². The van der Waals surface area contributed by atoms with Gasteiger partial charge in [-0.3, -0.25) is 9.36 Å². The molecule has 0 amide bonds. The Hall–Kier alpha value is -2.30. The predicted octanol–water partition coefficient (Wildman–Crippen LogP) is 0.594. The van der Waals surface area contributed by atoms with Crippen LogP contribution < -0.4 is 11.2 Å². The first-order valence-electron chi connectivity index (χ1n) is 9.45. The third kappa shape index (κ3) is 3.92. The zero-order valence-corrected chi connectivity index (χ0v) is 16.3. The van der Waals surface area contributed by atoms with Gasteiger partial charge in [-0.2, -0.15) is 0 Å². The molecule has 9 heteroatoms. The lowest BCUT2D eigenvalue weighted by molar-refractivity contribution is -0.200. The van der Waals surface area contributed by atoms with Gasteiger partial charge in [-0.25, -0.2) is 9.36 Å². The fraction of sp³-hybridized carbons (Fsp3) is 0.500. The first-order chi connectivity index (χ1) is 13.9. The molecule has 1 aromatic carbocycles. The Kier molecular flexibility index (Phi) is 5.41. The summed E-state index contributed by atoms with van der Waals surface area (Å²) < 4.78 is 25.4. The van der Waals surface area contributed by atoms with Crippen molar-refractivity contribution in [1.29, 1.82) is 0 Å². The highest BCUT2D eigenvalue weighted by molar-refractivity contribution is 5.13. The summed E-state index contributed by atoms with van der Waals surface area (Å²) in [5.41, 5.74) is -0.124. The van der Waals surface area contributed by atoms with Crippen LogP contribution in [0.15, 0.2) is 52.2 Å². The highest BCUT2D eigenvalue weighted by Crippen LogP contribution is 2.42. The minimum atomic E-state index is -0.859. The lowest BCUT2D eigenvalue weighted by Gasteiger charge is -2.24. The summed E-state index contributed by atoms with van der Waals surface area (Å²) in [4.78, 5) is 25.2. The maximum atomic E-state index is 13.0. The summed E-state index contributed by atoms with van der Waals surface area (Å²) in [7, 11) is 0. The molecular weight excluding hydrogens is 380 g/mol. The van der Waals surface area contributed by atoms with E-state index in [1.165, 1.54) is 16.8 Å². The number of nitrogens with zero attached hydrogens (tertiary/aromatic N) is 2. The lowest BCUT2D eigenvalue weighted by atomic mass is 10.1. The number of ether oxygens (including phenoxy) is 4. The molecule has 1 aromatic heterocycles. The normalized spacial score (nSPS) is 27.8. The first-order valence-corrected chi connectivity index (χ1v) is 9.45. The van der Waals surface area contributed by atoms with Gasteiger partial charge in [0, 0.05) is 12.3 Å². The molecule has 2 saturated heterocycles. The quantitative estimate of drug-likeness (QED) is 0.752. The van der Waals surface area contributed by atoms with Crippen molar-refractivity contribution >= 4 is 0 Å². The Morgan fingerprint density at radius 2 is 1.83 bits per heavy atom. The van der Waals surface area contributed by atoms with Crippen molar-refractivity contribution in [2.75, 3.05) is 6.61 Å². The summed E-state index contributed by atoms with van der Waals surface area (Å²) in [6.07, 6.45) is -1.19. The van der Waals surface area contributed by atoms with E-state index in [1.807, 2.05) is 30.3 Å². The van der Waals surface area contributed by atoms with Crippen LogP contribution in [0.4, 0.5) is 0 Å². The average Bonchev–Trinajstić information content (AvgIpc) is 3.18. The molecule has 2 fully saturated rings. The van der Waals surface area contributed by atoms with E-state index in [2.05, 4.69) is 0 Å². The topological polar surface area (TPSA) is 101 Å². The zero-order valence-electron chi connectivity index (χ0n) is 16.3. The van der Waals surface area contributed by atoms with Gasteiger partial charge in [0.05, 0.1) is 13.2 Å². The first kappa shape index (κ1) is 20.0. The molecule has 0 saturated carbocycles. The summed E-state index contributed by atoms with van der Waals surface area (Å²) in [6, 6.07) is 10.7. The van der Waals surface area contributed by atoms with Gasteiger partial charge in [-0.1, -0.05) is 30.3 Å². The van der Waals surface area contributed by atoms with Gasteiger partial charge < -0.3 is 24.1 Å². The Bertz CT molecular complexity index is 969. The predicted molar refractivity (Wildman–Crippen MR) is 101 cm³/mol. The van der Waals surface area contributed by atoms with Crippen LogP contribution >= 0.6 is 0 Å². The number of aliphatic hydroxyl groups is 1. The molecule has 0 radical (unpaired) electrons. The van der Waals surface area contributed by atoms with Crippen molar-refractivity contribution in [3.8, 4) is 0 Å². The van der Waals surface area contributed by atoms with E-state index in [0.29, 0.717) is 0 Å². The molecule has 156 valence electrons. The van der Waals surface area contributed by atoms with Crippen LogP contribution in [-0.4, -0.2) is 44.9 Å². The molecule has 9 nitrogen and oxygen atoms in total. The van der Waals surface area contributed by atoms with Crippen LogP contribution in [0.5, 0.6) is 0 Å². The van der Waals surface area contributed by atoms with Gasteiger partial charge in [0.2, 0.25) is 0 Å². The molecule has 4 rings (SSSR count). The van der Waals surface area contributed by atoms with E-state index < -0.39 is 41.6 Å². The second-order valence-electron chi connectivity index (χ2n) is 7.55. The minimum Gasteiger partial charge on any atom is -0.394 e. The van der Waals surface area contributed by atoms with Gasteiger partial charge >= 0.3 is 5.69 Å². The van der Waals surface area contributed by atoms with E-state index in [0.717, 1.165) is 10.1 Å². The van der Waals surface area contributed by atoms with Crippen LogP contribution in [0.25, 0.3) is 0 Å². The van der Waals surface area contributed by atoms with Crippen LogP contribution in [-0.2, 0) is 32.3 Å². The van der Waals surface area contributed by atoms with Crippen molar-refractivity contribution in [2.24, 2.45) is 0 Å². The van der Waals surface area contributed by atoms with Crippen molar-refractivity contribution in [1.82, 2.24) is 9.13 Å². The van der Waals surface area contributed by atoms with Crippen molar-refractivity contribution in [3.63, 3.8) is 0 Å². The van der Waals surface area contributed by atoms with Crippen LogP contribution in [0, 0.1) is 0 Å². The van der Waals surface area contributed by atoms with Gasteiger partial charge in [-0.05, 0) is 19.4 Å². The van der Waals surface area contributed by atoms with Crippen LogP contribution in [0.3, 0.4) is 0 Å². The molecular formula is C20H24N2O7. The summed E-state index contributed by atoms with van der Waals surface area (Å²) in [5, 5.41) is 9.62. The number of benzene rings is 1. The van der Waals surface area contributed by atoms with E-state index in [1.54, 1.807) is 13.8 Å². The number of fused-ring (bicyclic) bond motifs is 1. The summed E-state index contributed by atoms with van der Waals surface area (Å²) in [5.74, 6) is -0.859. The smallest absolute Gasteiger partial charge is 0.335 e.